The fourth-order valence-electron chi connectivity index (χ4n) is 8.77. The number of nitrogens with one attached hydrogen (secondary N) is 4. The van der Waals surface area contributed by atoms with Crippen LogP contribution in [0.2, 0.25) is 0 Å². The lowest BCUT2D eigenvalue weighted by Crippen LogP contribution is -2.51. The van der Waals surface area contributed by atoms with E-state index in [1.54, 1.807) is 25.7 Å². The lowest BCUT2D eigenvalue weighted by molar-refractivity contribution is -0.136. The summed E-state index contributed by atoms with van der Waals surface area (Å²) in [6.45, 7) is 10.3. The lowest BCUT2D eigenvalue weighted by Gasteiger charge is -2.30. The van der Waals surface area contributed by atoms with Crippen molar-refractivity contribution in [1.82, 2.24) is 40.4 Å². The number of fused-ring (bicyclic) bond motifs is 1. The van der Waals surface area contributed by atoms with Gasteiger partial charge in [0.15, 0.2) is 0 Å². The molecule has 0 radical (unpaired) electrons. The number of aromatic amines is 2. The zero-order chi connectivity index (χ0) is 45.1. The Labute approximate surface area is 373 Å². The SMILES string of the molecule is COC(=O)N[C@H](C(=O)N1CCC[C@H]1c1ncc(-c2ccc3cc(-c4ccc(-c5cnc([C@@H]6CCCN6C(=O)[C@H](NC(=O)OC(C)(C)C)c6ccccc6)[nH]5)cc4)ccc3c2)[nH]1)C(C)C. The third-order valence-corrected chi connectivity index (χ3v) is 12.0. The zero-order valence-corrected chi connectivity index (χ0v) is 37.2. The van der Waals surface area contributed by atoms with Crippen LogP contribution < -0.4 is 10.6 Å². The number of H-pyrrole nitrogens is 2. The van der Waals surface area contributed by atoms with Crippen LogP contribution in [-0.2, 0) is 19.1 Å². The summed E-state index contributed by atoms with van der Waals surface area (Å²) in [6.07, 6.45) is 5.54. The monoisotopic (exact) mass is 864 g/mol. The number of alkyl carbamates (subject to hydrolysis) is 2. The third kappa shape index (κ3) is 9.51. The third-order valence-electron chi connectivity index (χ3n) is 12.0. The minimum absolute atomic E-state index is 0.109. The van der Waals surface area contributed by atoms with Gasteiger partial charge in [0.25, 0.3) is 5.91 Å². The molecule has 4 heterocycles. The van der Waals surface area contributed by atoms with Crippen LogP contribution in [0.3, 0.4) is 0 Å². The lowest BCUT2D eigenvalue weighted by atomic mass is 9.98. The van der Waals surface area contributed by atoms with Crippen LogP contribution in [-0.4, -0.2) is 85.6 Å². The quantitative estimate of drug-likeness (QED) is 0.0997. The van der Waals surface area contributed by atoms with Crippen molar-refractivity contribution in [1.29, 1.82) is 0 Å². The number of rotatable bonds is 11. The van der Waals surface area contributed by atoms with E-state index in [1.165, 1.54) is 7.11 Å². The maximum absolute atomic E-state index is 14.2. The van der Waals surface area contributed by atoms with Crippen LogP contribution in [0.25, 0.3) is 44.4 Å². The Balaban J connectivity index is 0.938. The number of imidazole rings is 2. The van der Waals surface area contributed by atoms with Crippen LogP contribution in [0.1, 0.15) is 95.6 Å². The van der Waals surface area contributed by atoms with Crippen molar-refractivity contribution < 1.29 is 28.7 Å². The molecule has 2 saturated heterocycles. The standard InChI is InChI=1S/C50H56N8O6/c1-30(2)42(55-48(61)63-6)46(59)57-24-10-14-40(57)45-52-29-39(54-45)37-23-22-35-26-34(20-21-36(35)27-37)31-16-18-32(19-17-31)38-28-51-44(53-38)41-15-11-25-58(41)47(60)43(33-12-8-7-9-13-33)56-49(62)64-50(3,4)5/h7-9,12-13,16-23,26-30,40-43H,10-11,14-15,24-25H2,1-6H3,(H,51,53)(H,52,54)(H,55,61)(H,56,62)/t40-,41-,42-,43+/m0/s1. The Hall–Kier alpha value is -6.96. The fourth-order valence-corrected chi connectivity index (χ4v) is 8.77. The molecular weight excluding hydrogens is 809 g/mol. The summed E-state index contributed by atoms with van der Waals surface area (Å²) in [5.41, 5.74) is 5.81. The van der Waals surface area contributed by atoms with E-state index in [2.05, 4.69) is 81.3 Å². The average molecular weight is 865 g/mol. The number of amides is 4. The van der Waals surface area contributed by atoms with Gasteiger partial charge in [-0.2, -0.15) is 0 Å². The molecule has 0 unspecified atom stereocenters. The Morgan fingerprint density at radius 1 is 0.672 bits per heavy atom. The highest BCUT2D eigenvalue weighted by atomic mass is 16.6. The normalized spacial score (nSPS) is 17.4. The highest BCUT2D eigenvalue weighted by Crippen LogP contribution is 2.36. The molecule has 2 aliphatic heterocycles. The number of methoxy groups -OCH3 is 1. The van der Waals surface area contributed by atoms with Crippen molar-refractivity contribution in [3.63, 3.8) is 0 Å². The molecule has 64 heavy (non-hydrogen) atoms. The van der Waals surface area contributed by atoms with Gasteiger partial charge in [0.05, 0.1) is 43.0 Å². The summed E-state index contributed by atoms with van der Waals surface area (Å²) < 4.78 is 10.3. The van der Waals surface area contributed by atoms with E-state index in [-0.39, 0.29) is 29.8 Å². The smallest absolute Gasteiger partial charge is 0.408 e. The topological polar surface area (TPSA) is 175 Å². The summed E-state index contributed by atoms with van der Waals surface area (Å²) >= 11 is 0. The van der Waals surface area contributed by atoms with E-state index in [9.17, 15) is 19.2 Å². The molecule has 14 heteroatoms. The fraction of sp³-hybridized carbons (Fsp3) is 0.360. The first-order valence-corrected chi connectivity index (χ1v) is 22.0. The Morgan fingerprint density at radius 3 is 1.78 bits per heavy atom. The molecule has 0 spiro atoms. The number of hydrogen-bond acceptors (Lipinski definition) is 8. The van der Waals surface area contributed by atoms with Crippen LogP contribution in [0.15, 0.2) is 103 Å². The highest BCUT2D eigenvalue weighted by Gasteiger charge is 2.39. The molecule has 0 saturated carbocycles. The summed E-state index contributed by atoms with van der Waals surface area (Å²) in [7, 11) is 1.29. The molecule has 2 fully saturated rings. The Kier molecular flexibility index (Phi) is 12.6. The second-order valence-corrected chi connectivity index (χ2v) is 17.9. The van der Waals surface area contributed by atoms with Crippen molar-refractivity contribution in [2.45, 2.75) is 90.1 Å². The molecule has 4 amide bonds. The maximum Gasteiger partial charge on any atom is 0.408 e. The van der Waals surface area contributed by atoms with Crippen molar-refractivity contribution in [3.05, 3.63) is 121 Å². The van der Waals surface area contributed by atoms with Gasteiger partial charge in [0.1, 0.15) is 29.3 Å². The van der Waals surface area contributed by atoms with Gasteiger partial charge in [-0.05, 0) is 97.5 Å². The molecule has 332 valence electrons. The first-order valence-electron chi connectivity index (χ1n) is 22.0. The van der Waals surface area contributed by atoms with Crippen molar-refractivity contribution in [3.8, 4) is 33.6 Å². The molecule has 4 N–H and O–H groups in total. The van der Waals surface area contributed by atoms with Crippen LogP contribution >= 0.6 is 0 Å². The number of carbonyl (C=O) groups is 4. The van der Waals surface area contributed by atoms with E-state index in [0.717, 1.165) is 75.9 Å². The zero-order valence-electron chi connectivity index (χ0n) is 37.2. The summed E-state index contributed by atoms with van der Waals surface area (Å²) in [5, 5.41) is 7.71. The molecule has 6 aromatic rings. The van der Waals surface area contributed by atoms with Crippen molar-refractivity contribution in [2.75, 3.05) is 20.2 Å². The number of aromatic nitrogens is 4. The number of benzene rings is 4. The van der Waals surface area contributed by atoms with Gasteiger partial charge in [0, 0.05) is 18.7 Å². The summed E-state index contributed by atoms with van der Waals surface area (Å²) in [6, 6.07) is 28.3. The molecule has 0 bridgehead atoms. The first kappa shape index (κ1) is 43.7. The molecule has 4 atom stereocenters. The minimum atomic E-state index is -0.906. The van der Waals surface area contributed by atoms with E-state index in [1.807, 2.05) is 61.5 Å². The van der Waals surface area contributed by atoms with Crippen molar-refractivity contribution >= 4 is 34.8 Å². The molecule has 14 nitrogen and oxygen atoms in total. The number of likely N-dealkylation sites (tertiary alicyclic amines) is 2. The molecule has 2 aliphatic rings. The van der Waals surface area contributed by atoms with Crippen LogP contribution in [0.4, 0.5) is 9.59 Å². The predicted molar refractivity (Wildman–Crippen MR) is 245 cm³/mol. The van der Waals surface area contributed by atoms with Gasteiger partial charge >= 0.3 is 12.2 Å². The van der Waals surface area contributed by atoms with Gasteiger partial charge in [-0.15, -0.1) is 0 Å². The maximum atomic E-state index is 14.2. The Morgan fingerprint density at radius 2 is 1.20 bits per heavy atom. The molecule has 2 aromatic heterocycles. The average Bonchev–Trinajstić information content (AvgIpc) is 4.13. The van der Waals surface area contributed by atoms with Crippen LogP contribution in [0, 0.1) is 5.92 Å². The Bertz CT molecular complexity index is 2630. The minimum Gasteiger partial charge on any atom is -0.453 e. The number of nitrogens with zero attached hydrogens (tertiary/aromatic N) is 4. The number of hydrogen-bond donors (Lipinski definition) is 4. The summed E-state index contributed by atoms with van der Waals surface area (Å²) in [4.78, 5) is 72.7. The van der Waals surface area contributed by atoms with Gasteiger partial charge < -0.3 is 39.9 Å². The van der Waals surface area contributed by atoms with E-state index in [0.29, 0.717) is 24.5 Å². The van der Waals surface area contributed by atoms with Gasteiger partial charge in [-0.25, -0.2) is 19.6 Å². The number of ether oxygens (including phenoxy) is 2. The van der Waals surface area contributed by atoms with Crippen molar-refractivity contribution in [2.24, 2.45) is 5.92 Å². The van der Waals surface area contributed by atoms with E-state index < -0.39 is 29.9 Å². The second kappa shape index (κ2) is 18.4. The highest BCUT2D eigenvalue weighted by molar-refractivity contribution is 5.91. The first-order chi connectivity index (χ1) is 30.8. The molecule has 8 rings (SSSR count). The summed E-state index contributed by atoms with van der Waals surface area (Å²) in [5.74, 6) is 0.970. The van der Waals surface area contributed by atoms with Gasteiger partial charge in [0.2, 0.25) is 5.91 Å². The number of carbonyl (C=O) groups excluding carboxylic acids is 4. The molecular formula is C50H56N8O6. The van der Waals surface area contributed by atoms with E-state index >= 15 is 0 Å². The van der Waals surface area contributed by atoms with Crippen LogP contribution in [0.5, 0.6) is 0 Å². The predicted octanol–water partition coefficient (Wildman–Crippen LogP) is 9.26. The van der Waals surface area contributed by atoms with Gasteiger partial charge in [-0.1, -0.05) is 92.7 Å². The molecule has 4 aromatic carbocycles. The van der Waals surface area contributed by atoms with E-state index in [4.69, 9.17) is 19.4 Å². The molecule has 0 aliphatic carbocycles. The largest absolute Gasteiger partial charge is 0.453 e. The second-order valence-electron chi connectivity index (χ2n) is 17.9. The van der Waals surface area contributed by atoms with Gasteiger partial charge in [-0.3, -0.25) is 9.59 Å².